The Morgan fingerprint density at radius 3 is 2.07 bits per heavy atom. The highest BCUT2D eigenvalue weighted by Gasteiger charge is 2.55. The summed E-state index contributed by atoms with van der Waals surface area (Å²) in [4.78, 5) is 11.9. The van der Waals surface area contributed by atoms with Gasteiger partial charge in [-0.25, -0.2) is 4.79 Å². The van der Waals surface area contributed by atoms with Crippen LogP contribution in [-0.2, 0) is 18.8 Å². The monoisotopic (exact) mass is 444 g/mol. The van der Waals surface area contributed by atoms with Crippen molar-refractivity contribution in [2.45, 2.75) is 58.7 Å². The molecule has 1 heterocycles. The van der Waals surface area contributed by atoms with Crippen molar-refractivity contribution in [1.82, 2.24) is 0 Å². The van der Waals surface area contributed by atoms with Crippen molar-refractivity contribution in [2.75, 3.05) is 6.61 Å². The molecule has 0 saturated carbocycles. The molecule has 1 aliphatic rings. The van der Waals surface area contributed by atoms with Crippen molar-refractivity contribution in [3.05, 3.63) is 39.9 Å². The fraction of sp³-hybridized carbons (Fsp3) is 0.526. The third-order valence-corrected chi connectivity index (χ3v) is 5.58. The molecule has 0 spiro atoms. The molecule has 2 rings (SSSR count). The highest BCUT2D eigenvalue weighted by Crippen LogP contribution is 2.43. The topological polar surface area (TPSA) is 44.8 Å². The predicted octanol–water partition coefficient (Wildman–Crippen LogP) is 5.05. The number of ether oxygens (including phenoxy) is 1. The third-order valence-electron chi connectivity index (χ3n) is 5.05. The average molecular weight is 445 g/mol. The van der Waals surface area contributed by atoms with Crippen LogP contribution in [0, 0.1) is 0 Å². The van der Waals surface area contributed by atoms with Crippen LogP contribution in [0.1, 0.15) is 47.1 Å². The molecule has 0 N–H and O–H groups in total. The molecule has 8 heteroatoms. The van der Waals surface area contributed by atoms with Crippen LogP contribution in [0.2, 0.25) is 0 Å². The Kier molecular flexibility index (Phi) is 6.24. The van der Waals surface area contributed by atoms with E-state index in [4.69, 9.17) is 9.31 Å². The number of hydrogen-bond donors (Lipinski definition) is 0. The van der Waals surface area contributed by atoms with Gasteiger partial charge in [0, 0.05) is 10.0 Å². The van der Waals surface area contributed by atoms with Crippen LogP contribution in [0.15, 0.2) is 34.3 Å². The van der Waals surface area contributed by atoms with E-state index < -0.39 is 35.8 Å². The lowest BCUT2D eigenvalue weighted by atomic mass is 9.70. The van der Waals surface area contributed by atoms with Crippen LogP contribution in [0.4, 0.5) is 8.78 Å². The van der Waals surface area contributed by atoms with Crippen LogP contribution >= 0.6 is 15.9 Å². The zero-order valence-electron chi connectivity index (χ0n) is 16.4. The number of halogens is 3. The first-order valence-corrected chi connectivity index (χ1v) is 9.50. The molecule has 148 valence electrons. The Morgan fingerprint density at radius 1 is 1.15 bits per heavy atom. The number of hydrogen-bond acceptors (Lipinski definition) is 4. The van der Waals surface area contributed by atoms with Crippen LogP contribution in [0.25, 0.3) is 5.47 Å². The first-order valence-electron chi connectivity index (χ1n) is 8.71. The number of rotatable bonds is 5. The maximum Gasteiger partial charge on any atom is 0.495 e. The van der Waals surface area contributed by atoms with E-state index in [1.807, 2.05) is 27.7 Å². The lowest BCUT2D eigenvalue weighted by Gasteiger charge is -2.32. The maximum absolute atomic E-state index is 14.8. The predicted molar refractivity (Wildman–Crippen MR) is 104 cm³/mol. The Bertz CT molecular complexity index is 729. The number of carbonyl (C=O) groups excluding carboxylic acids is 1. The molecule has 0 bridgehead atoms. The molecule has 1 fully saturated rings. The lowest BCUT2D eigenvalue weighted by molar-refractivity contribution is -0.165. The molecule has 27 heavy (non-hydrogen) atoms. The first kappa shape index (κ1) is 22.0. The van der Waals surface area contributed by atoms with E-state index in [1.165, 1.54) is 13.8 Å². The largest absolute Gasteiger partial charge is 0.495 e. The molecule has 1 aromatic rings. The summed E-state index contributed by atoms with van der Waals surface area (Å²) in [5.41, 5.74) is -1.27. The average Bonchev–Trinajstić information content (AvgIpc) is 2.77. The van der Waals surface area contributed by atoms with Gasteiger partial charge in [-0.05, 0) is 64.7 Å². The molecular formula is C19H24BBrF2O4. The number of carbonyl (C=O) groups is 1. The van der Waals surface area contributed by atoms with E-state index in [1.54, 1.807) is 24.3 Å². The SMILES string of the molecule is CCOC(=O)C(F)(F)/C(C)=C(/B1OC(C)(C)C(C)(C)O1)c1ccc(Br)cc1. The van der Waals surface area contributed by atoms with Gasteiger partial charge in [0.25, 0.3) is 0 Å². The zero-order chi connectivity index (χ0) is 20.6. The standard InChI is InChI=1S/C19H24BBrF2O4/c1-7-25-16(24)19(22,23)12(2)15(13-8-10-14(21)11-9-13)20-26-17(3,4)18(5,6)27-20/h8-11H,7H2,1-6H3/b15-12+. The number of esters is 1. The molecule has 0 radical (unpaired) electrons. The molecule has 0 unspecified atom stereocenters. The fourth-order valence-corrected chi connectivity index (χ4v) is 2.93. The van der Waals surface area contributed by atoms with Crippen molar-refractivity contribution in [1.29, 1.82) is 0 Å². The second kappa shape index (κ2) is 7.64. The zero-order valence-corrected chi connectivity index (χ0v) is 17.9. The molecule has 0 aromatic heterocycles. The molecule has 4 nitrogen and oxygen atoms in total. The van der Waals surface area contributed by atoms with Crippen LogP contribution in [-0.4, -0.2) is 36.8 Å². The summed E-state index contributed by atoms with van der Waals surface area (Å²) in [6.45, 7) is 9.91. The molecule has 0 aliphatic carbocycles. The maximum atomic E-state index is 14.8. The van der Waals surface area contributed by atoms with Crippen LogP contribution in [0.3, 0.4) is 0 Å². The Balaban J connectivity index is 2.61. The van der Waals surface area contributed by atoms with E-state index in [2.05, 4.69) is 20.7 Å². The van der Waals surface area contributed by atoms with E-state index >= 15 is 0 Å². The summed E-state index contributed by atoms with van der Waals surface area (Å²) in [5.74, 6) is -5.39. The molecule has 0 atom stereocenters. The van der Waals surface area contributed by atoms with E-state index in [-0.39, 0.29) is 12.1 Å². The van der Waals surface area contributed by atoms with Gasteiger partial charge in [0.2, 0.25) is 0 Å². The first-order chi connectivity index (χ1) is 12.3. The molecule has 1 aromatic carbocycles. The van der Waals surface area contributed by atoms with Crippen molar-refractivity contribution in [2.24, 2.45) is 0 Å². The fourth-order valence-electron chi connectivity index (χ4n) is 2.66. The van der Waals surface area contributed by atoms with Crippen LogP contribution < -0.4 is 0 Å². The van der Waals surface area contributed by atoms with Gasteiger partial charge in [-0.15, -0.1) is 0 Å². The summed E-state index contributed by atoms with van der Waals surface area (Å²) < 4.78 is 46.9. The van der Waals surface area contributed by atoms with Crippen LogP contribution in [0.5, 0.6) is 0 Å². The molecule has 0 amide bonds. The summed E-state index contributed by atoms with van der Waals surface area (Å²) in [6, 6.07) is 6.82. The third kappa shape index (κ3) is 4.28. The lowest BCUT2D eigenvalue weighted by Crippen LogP contribution is -2.41. The number of benzene rings is 1. The number of alkyl halides is 2. The highest BCUT2D eigenvalue weighted by atomic mass is 79.9. The summed E-state index contributed by atoms with van der Waals surface area (Å²) >= 11 is 3.33. The Labute approximate surface area is 167 Å². The van der Waals surface area contributed by atoms with Gasteiger partial charge in [-0.3, -0.25) is 0 Å². The minimum atomic E-state index is -3.80. The summed E-state index contributed by atoms with van der Waals surface area (Å²) in [7, 11) is -1.04. The minimum Gasteiger partial charge on any atom is -0.461 e. The minimum absolute atomic E-state index is 0.124. The molecular weight excluding hydrogens is 421 g/mol. The van der Waals surface area contributed by atoms with Gasteiger partial charge in [-0.2, -0.15) is 8.78 Å². The van der Waals surface area contributed by atoms with Gasteiger partial charge in [0.1, 0.15) is 0 Å². The quantitative estimate of drug-likeness (QED) is 0.470. The summed E-state index contributed by atoms with van der Waals surface area (Å²) in [5, 5.41) is 0. The second-order valence-electron chi connectivity index (χ2n) is 7.43. The molecule has 1 saturated heterocycles. The Hall–Kier alpha value is -1.25. The van der Waals surface area contributed by atoms with E-state index in [9.17, 15) is 13.6 Å². The van der Waals surface area contributed by atoms with E-state index in [0.29, 0.717) is 5.56 Å². The van der Waals surface area contributed by atoms with E-state index in [0.717, 1.165) is 4.47 Å². The van der Waals surface area contributed by atoms with Crippen molar-refractivity contribution in [3.8, 4) is 0 Å². The van der Waals surface area contributed by atoms with Gasteiger partial charge < -0.3 is 14.0 Å². The normalized spacial score (nSPS) is 19.7. The van der Waals surface area contributed by atoms with Gasteiger partial charge in [-0.1, -0.05) is 28.1 Å². The molecule has 1 aliphatic heterocycles. The van der Waals surface area contributed by atoms with Gasteiger partial charge >= 0.3 is 19.0 Å². The van der Waals surface area contributed by atoms with Crippen molar-refractivity contribution >= 4 is 34.5 Å². The Morgan fingerprint density at radius 2 is 1.63 bits per heavy atom. The van der Waals surface area contributed by atoms with Crippen molar-refractivity contribution in [3.63, 3.8) is 0 Å². The highest BCUT2D eigenvalue weighted by molar-refractivity contribution is 9.10. The summed E-state index contributed by atoms with van der Waals surface area (Å²) in [6.07, 6.45) is 0. The second-order valence-corrected chi connectivity index (χ2v) is 8.34. The smallest absolute Gasteiger partial charge is 0.461 e. The van der Waals surface area contributed by atoms with Crippen molar-refractivity contribution < 1.29 is 27.6 Å². The van der Waals surface area contributed by atoms with Gasteiger partial charge in [0.05, 0.1) is 17.8 Å². The van der Waals surface area contributed by atoms with Gasteiger partial charge in [0.15, 0.2) is 0 Å².